The van der Waals surface area contributed by atoms with Gasteiger partial charge in [0.25, 0.3) is 5.85 Å². The lowest BCUT2D eigenvalue weighted by Crippen LogP contribution is -2.54. The maximum atomic E-state index is 16.2. The zero-order valence-electron chi connectivity index (χ0n) is 25.6. The van der Waals surface area contributed by atoms with E-state index in [-0.39, 0.29) is 47.4 Å². The van der Waals surface area contributed by atoms with E-state index in [1.54, 1.807) is 25.1 Å². The first-order valence-corrected chi connectivity index (χ1v) is 15.2. The molecule has 0 saturated heterocycles. The Bertz CT molecular complexity index is 1470. The van der Waals surface area contributed by atoms with Gasteiger partial charge in [0.1, 0.15) is 18.4 Å². The number of fused-ring (bicyclic) bond motifs is 1. The van der Waals surface area contributed by atoms with E-state index in [9.17, 15) is 14.5 Å². The summed E-state index contributed by atoms with van der Waals surface area (Å²) >= 11 is 0. The topological polar surface area (TPSA) is 182 Å². The molecule has 0 aliphatic heterocycles. The molecule has 5 atom stereocenters. The number of ether oxygens (including phenoxy) is 3. The van der Waals surface area contributed by atoms with Crippen molar-refractivity contribution in [3.63, 3.8) is 0 Å². The average Bonchev–Trinajstić information content (AvgIpc) is 3.39. The van der Waals surface area contributed by atoms with Gasteiger partial charge >= 0.3 is 13.7 Å². The Labute approximate surface area is 253 Å². The molecular weight excluding hydrogens is 605 g/mol. The minimum Gasteiger partial charge on any atom is -0.476 e. The maximum absolute atomic E-state index is 16.2. The molecule has 14 nitrogen and oxygen atoms in total. The number of halogens is 2. The van der Waals surface area contributed by atoms with Gasteiger partial charge in [-0.25, -0.2) is 18.3 Å². The Balaban J connectivity index is 1.89. The van der Waals surface area contributed by atoms with Gasteiger partial charge in [-0.3, -0.25) is 13.9 Å². The molecule has 17 heteroatoms. The predicted molar refractivity (Wildman–Crippen MR) is 156 cm³/mol. The van der Waals surface area contributed by atoms with Gasteiger partial charge < -0.3 is 29.6 Å². The third kappa shape index (κ3) is 8.39. The summed E-state index contributed by atoms with van der Waals surface area (Å²) in [4.78, 5) is 24.6. The zero-order valence-corrected chi connectivity index (χ0v) is 26.5. The van der Waals surface area contributed by atoms with E-state index in [0.717, 1.165) is 24.9 Å². The summed E-state index contributed by atoms with van der Waals surface area (Å²) in [6, 6.07) is 6.45. The Morgan fingerprint density at radius 2 is 1.84 bits per heavy atom. The van der Waals surface area contributed by atoms with Crippen LogP contribution in [0.25, 0.3) is 11.2 Å². The van der Waals surface area contributed by atoms with Gasteiger partial charge in [-0.2, -0.15) is 15.1 Å². The number of alkyl halides is 2. The number of methoxy groups -OCH3 is 1. The molecule has 0 aliphatic carbocycles. The molecule has 0 spiro atoms. The minimum atomic E-state index is -4.63. The normalized spacial score (nSPS) is 17.6. The van der Waals surface area contributed by atoms with Gasteiger partial charge in [0.2, 0.25) is 18.0 Å². The van der Waals surface area contributed by atoms with Gasteiger partial charge in [0.05, 0.1) is 19.5 Å². The van der Waals surface area contributed by atoms with Crippen LogP contribution in [0.1, 0.15) is 41.5 Å². The Kier molecular flexibility index (Phi) is 10.9. The van der Waals surface area contributed by atoms with Crippen molar-refractivity contribution in [1.82, 2.24) is 24.6 Å². The number of esters is 1. The number of hydrogen-bond acceptors (Lipinski definition) is 12. The smallest absolute Gasteiger partial charge is 0.459 e. The highest BCUT2D eigenvalue weighted by Crippen LogP contribution is 2.47. The molecule has 244 valence electrons. The molecule has 2 aromatic heterocycles. The summed E-state index contributed by atoms with van der Waals surface area (Å²) in [7, 11) is -3.80. The Morgan fingerprint density at radius 3 is 2.43 bits per heavy atom. The number of nitrogens with two attached hydrogens (primary N) is 1. The monoisotopic (exact) mass is 644 g/mol. The summed E-state index contributed by atoms with van der Waals surface area (Å²) in [6.45, 7) is 8.42. The zero-order chi connectivity index (χ0) is 32.9. The number of aromatic nitrogens is 4. The van der Waals surface area contributed by atoms with Gasteiger partial charge in [-0.1, -0.05) is 39.0 Å². The van der Waals surface area contributed by atoms with Crippen LogP contribution < -0.4 is 20.1 Å². The molecule has 2 heterocycles. The van der Waals surface area contributed by atoms with Crippen LogP contribution in [0.4, 0.5) is 14.7 Å². The summed E-state index contributed by atoms with van der Waals surface area (Å²) < 4.78 is 73.2. The molecule has 3 rings (SSSR count). The van der Waals surface area contributed by atoms with Crippen LogP contribution in [0.2, 0.25) is 0 Å². The number of carbonyl (C=O) groups is 1. The van der Waals surface area contributed by atoms with Gasteiger partial charge in [-0.15, -0.1) is 0 Å². The van der Waals surface area contributed by atoms with Crippen molar-refractivity contribution in [1.29, 1.82) is 0 Å². The second-order valence-corrected chi connectivity index (χ2v) is 12.9. The first-order valence-electron chi connectivity index (χ1n) is 13.6. The molecule has 0 fully saturated rings. The second-order valence-electron chi connectivity index (χ2n) is 11.2. The number of aliphatic hydroxyl groups is 1. The highest BCUT2D eigenvalue weighted by atomic mass is 31.2. The molecule has 3 aromatic rings. The van der Waals surface area contributed by atoms with Gasteiger partial charge in [-0.05, 0) is 38.3 Å². The molecule has 44 heavy (non-hydrogen) atoms. The van der Waals surface area contributed by atoms with E-state index in [4.69, 9.17) is 29.0 Å². The first kappa shape index (κ1) is 35.1. The van der Waals surface area contributed by atoms with E-state index in [1.807, 2.05) is 20.8 Å². The Hall–Kier alpha value is -3.43. The largest absolute Gasteiger partial charge is 0.476 e. The number of hydrogen-bond donors (Lipinski definition) is 3. The van der Waals surface area contributed by atoms with Crippen molar-refractivity contribution < 1.29 is 46.5 Å². The molecule has 0 saturated carbocycles. The number of benzene rings is 1. The number of nitrogens with one attached hydrogen (secondary N) is 1. The van der Waals surface area contributed by atoms with Crippen molar-refractivity contribution in [2.75, 3.05) is 32.7 Å². The van der Waals surface area contributed by atoms with Crippen molar-refractivity contribution in [3.05, 3.63) is 36.7 Å². The molecule has 1 aromatic carbocycles. The van der Waals surface area contributed by atoms with Gasteiger partial charge in [0.15, 0.2) is 16.9 Å². The predicted octanol–water partition coefficient (Wildman–Crippen LogP) is 3.89. The van der Waals surface area contributed by atoms with Gasteiger partial charge in [0, 0.05) is 7.11 Å². The van der Waals surface area contributed by atoms with E-state index < -0.39 is 44.1 Å². The molecule has 4 N–H and O–H groups in total. The van der Waals surface area contributed by atoms with Crippen molar-refractivity contribution in [3.8, 4) is 11.6 Å². The average molecular weight is 645 g/mol. The number of nitrogens with zero attached hydrogens (tertiary/aromatic N) is 4. The lowest BCUT2D eigenvalue weighted by Gasteiger charge is -2.37. The molecule has 0 bridgehead atoms. The molecule has 0 aliphatic rings. The third-order valence-electron chi connectivity index (χ3n) is 6.10. The van der Waals surface area contributed by atoms with Crippen LogP contribution in [-0.4, -0.2) is 75.6 Å². The molecular formula is C27H39F2N6O8P. The van der Waals surface area contributed by atoms with E-state index in [0.29, 0.717) is 0 Å². The number of rotatable bonds is 15. The highest BCUT2D eigenvalue weighted by Gasteiger charge is 2.54. The fourth-order valence-corrected chi connectivity index (χ4v) is 5.32. The van der Waals surface area contributed by atoms with Crippen LogP contribution in [0.3, 0.4) is 0 Å². The number of imidazole rings is 1. The molecule has 0 radical (unpaired) electrons. The Morgan fingerprint density at radius 1 is 1.18 bits per heavy atom. The highest BCUT2D eigenvalue weighted by molar-refractivity contribution is 7.52. The van der Waals surface area contributed by atoms with Crippen LogP contribution >= 0.6 is 7.75 Å². The van der Waals surface area contributed by atoms with Crippen LogP contribution in [0, 0.1) is 5.41 Å². The summed E-state index contributed by atoms with van der Waals surface area (Å²) in [6.07, 6.45) is -1.91. The minimum absolute atomic E-state index is 0.0261. The number of carbonyl (C=O) groups excluding carboxylic acids is 1. The number of anilines is 1. The lowest BCUT2D eigenvalue weighted by molar-refractivity contribution is -0.248. The second kappa shape index (κ2) is 13.7. The summed E-state index contributed by atoms with van der Waals surface area (Å²) in [5, 5.41) is 13.7. The quantitative estimate of drug-likeness (QED) is 0.160. The van der Waals surface area contributed by atoms with E-state index in [1.165, 1.54) is 19.1 Å². The van der Waals surface area contributed by atoms with Crippen molar-refractivity contribution in [2.24, 2.45) is 5.41 Å². The first-order chi connectivity index (χ1) is 20.4. The number of para-hydroxylation sites is 1. The SMILES string of the molecule is CCOc1nc(N)nc2c1ncn2[C@](C)(O)[C@H](F)[C@@](F)(COP(=O)(NC(C)C(=O)OCC(C)(C)C)Oc1ccccc1)OC. The van der Waals surface area contributed by atoms with E-state index in [2.05, 4.69) is 20.0 Å². The molecule has 0 amide bonds. The van der Waals surface area contributed by atoms with Crippen molar-refractivity contribution >= 4 is 30.8 Å². The lowest BCUT2D eigenvalue weighted by atomic mass is 9.99. The maximum Gasteiger partial charge on any atom is 0.459 e. The van der Waals surface area contributed by atoms with E-state index >= 15 is 8.78 Å². The molecule has 2 unspecified atom stereocenters. The standard InChI is InChI=1S/C27H39F2N6O8P/c1-8-40-21-19-20(32-24(30)33-21)35(16-31-19)26(6,37)23(28)27(29,39-7)15-42-44(38,43-18-12-10-9-11-13-18)34-17(2)22(36)41-14-25(3,4)5/h9-13,16-17,23,37H,8,14-15H2,1-7H3,(H,34,38)(H2,30,32,33)/t17?,23-,26+,27+,44?/m0/s1. The van der Waals surface area contributed by atoms with Crippen molar-refractivity contribution in [2.45, 2.75) is 65.3 Å². The summed E-state index contributed by atoms with van der Waals surface area (Å²) in [5.41, 5.74) is 2.55. The van der Waals surface area contributed by atoms with Crippen LogP contribution in [-0.2, 0) is 29.1 Å². The fourth-order valence-electron chi connectivity index (χ4n) is 3.81. The summed E-state index contributed by atoms with van der Waals surface area (Å²) in [5.74, 6) is -4.48. The van der Waals surface area contributed by atoms with Crippen LogP contribution in [0.5, 0.6) is 11.6 Å². The fraction of sp³-hybridized carbons (Fsp3) is 0.556. The number of nitrogen functional groups attached to an aromatic ring is 1. The third-order valence-corrected chi connectivity index (χ3v) is 7.72. The van der Waals surface area contributed by atoms with Crippen LogP contribution in [0.15, 0.2) is 36.7 Å².